The second kappa shape index (κ2) is 7.60. The molecule has 0 aromatic carbocycles. The minimum absolute atomic E-state index is 0.000810. The van der Waals surface area contributed by atoms with Crippen molar-refractivity contribution >= 4 is 5.91 Å². The number of hydrogen-bond acceptors (Lipinski definition) is 4. The lowest BCUT2D eigenvalue weighted by Gasteiger charge is -2.31. The maximum atomic E-state index is 11.4. The zero-order valence-electron chi connectivity index (χ0n) is 10.1. The average molecular weight is 229 g/mol. The number of nitrogens with one attached hydrogen (secondary N) is 1. The van der Waals surface area contributed by atoms with Gasteiger partial charge in [-0.1, -0.05) is 0 Å². The number of piperidine rings is 1. The second-order valence-corrected chi connectivity index (χ2v) is 4.11. The molecule has 1 rings (SSSR count). The number of likely N-dealkylation sites (tertiary alicyclic amines) is 1. The van der Waals surface area contributed by atoms with Gasteiger partial charge < -0.3 is 20.7 Å². The standard InChI is InChI=1S/C11H23N3O2/c1-2-16-9-11(15)13-10-3-6-14(7-4-10)8-5-12/h10H,2-9,12H2,1H3,(H,13,15). The molecule has 0 radical (unpaired) electrons. The molecule has 0 aromatic heterocycles. The van der Waals surface area contributed by atoms with Crippen molar-refractivity contribution in [1.82, 2.24) is 10.2 Å². The highest BCUT2D eigenvalue weighted by Gasteiger charge is 2.19. The molecule has 1 fully saturated rings. The van der Waals surface area contributed by atoms with Gasteiger partial charge in [-0.25, -0.2) is 0 Å². The highest BCUT2D eigenvalue weighted by molar-refractivity contribution is 5.77. The maximum absolute atomic E-state index is 11.4. The van der Waals surface area contributed by atoms with Crippen LogP contribution in [0.25, 0.3) is 0 Å². The van der Waals surface area contributed by atoms with E-state index in [1.807, 2.05) is 6.92 Å². The van der Waals surface area contributed by atoms with Gasteiger partial charge in [0.2, 0.25) is 5.91 Å². The van der Waals surface area contributed by atoms with Crippen molar-refractivity contribution in [2.45, 2.75) is 25.8 Å². The zero-order chi connectivity index (χ0) is 11.8. The van der Waals surface area contributed by atoms with Crippen molar-refractivity contribution in [2.75, 3.05) is 39.4 Å². The van der Waals surface area contributed by atoms with Crippen LogP contribution in [-0.4, -0.2) is 56.2 Å². The summed E-state index contributed by atoms with van der Waals surface area (Å²) < 4.78 is 5.06. The predicted octanol–water partition coefficient (Wildman–Crippen LogP) is -0.438. The molecule has 1 heterocycles. The van der Waals surface area contributed by atoms with Crippen molar-refractivity contribution in [3.63, 3.8) is 0 Å². The number of nitrogens with zero attached hydrogens (tertiary/aromatic N) is 1. The molecule has 5 heteroatoms. The van der Waals surface area contributed by atoms with Crippen LogP contribution in [0.4, 0.5) is 0 Å². The molecule has 5 nitrogen and oxygen atoms in total. The quantitative estimate of drug-likeness (QED) is 0.648. The highest BCUT2D eigenvalue weighted by Crippen LogP contribution is 2.09. The summed E-state index contributed by atoms with van der Waals surface area (Å²) >= 11 is 0. The molecule has 3 N–H and O–H groups in total. The lowest BCUT2D eigenvalue weighted by Crippen LogP contribution is -2.46. The van der Waals surface area contributed by atoms with E-state index < -0.39 is 0 Å². The third-order valence-corrected chi connectivity index (χ3v) is 2.84. The Morgan fingerprint density at radius 2 is 2.19 bits per heavy atom. The van der Waals surface area contributed by atoms with Gasteiger partial charge in [0.05, 0.1) is 0 Å². The Bertz CT molecular complexity index is 203. The Morgan fingerprint density at radius 1 is 1.50 bits per heavy atom. The summed E-state index contributed by atoms with van der Waals surface area (Å²) in [5, 5.41) is 2.99. The molecule has 0 spiro atoms. The molecular weight excluding hydrogens is 206 g/mol. The van der Waals surface area contributed by atoms with Gasteiger partial charge in [-0.05, 0) is 19.8 Å². The van der Waals surface area contributed by atoms with Gasteiger partial charge in [-0.3, -0.25) is 4.79 Å². The van der Waals surface area contributed by atoms with Crippen LogP contribution < -0.4 is 11.1 Å². The van der Waals surface area contributed by atoms with Crippen LogP contribution in [-0.2, 0) is 9.53 Å². The molecule has 0 aliphatic carbocycles. The van der Waals surface area contributed by atoms with Crippen molar-refractivity contribution < 1.29 is 9.53 Å². The van der Waals surface area contributed by atoms with E-state index in [2.05, 4.69) is 10.2 Å². The Kier molecular flexibility index (Phi) is 6.37. The number of ether oxygens (including phenoxy) is 1. The third kappa shape index (κ3) is 4.92. The first-order valence-electron chi connectivity index (χ1n) is 6.05. The minimum Gasteiger partial charge on any atom is -0.372 e. The number of carbonyl (C=O) groups is 1. The molecule has 1 amide bonds. The monoisotopic (exact) mass is 229 g/mol. The van der Waals surface area contributed by atoms with Crippen LogP contribution in [0.3, 0.4) is 0 Å². The summed E-state index contributed by atoms with van der Waals surface area (Å²) in [7, 11) is 0. The van der Waals surface area contributed by atoms with Gasteiger partial charge in [-0.15, -0.1) is 0 Å². The maximum Gasteiger partial charge on any atom is 0.246 e. The number of rotatable bonds is 6. The van der Waals surface area contributed by atoms with E-state index in [4.69, 9.17) is 10.5 Å². The Morgan fingerprint density at radius 3 is 2.75 bits per heavy atom. The minimum atomic E-state index is -0.000810. The summed E-state index contributed by atoms with van der Waals surface area (Å²) in [6.07, 6.45) is 2.02. The average Bonchev–Trinajstić information content (AvgIpc) is 2.29. The first-order chi connectivity index (χ1) is 7.76. The molecule has 1 saturated heterocycles. The van der Waals surface area contributed by atoms with Crippen molar-refractivity contribution in [1.29, 1.82) is 0 Å². The van der Waals surface area contributed by atoms with E-state index in [1.54, 1.807) is 0 Å². The van der Waals surface area contributed by atoms with Crippen molar-refractivity contribution in [2.24, 2.45) is 5.73 Å². The summed E-state index contributed by atoms with van der Waals surface area (Å²) in [5.74, 6) is -0.000810. The van der Waals surface area contributed by atoms with Crippen LogP contribution in [0.15, 0.2) is 0 Å². The predicted molar refractivity (Wildman–Crippen MR) is 63.2 cm³/mol. The van der Waals surface area contributed by atoms with Gasteiger partial charge in [0.1, 0.15) is 6.61 Å². The molecule has 16 heavy (non-hydrogen) atoms. The third-order valence-electron chi connectivity index (χ3n) is 2.84. The summed E-state index contributed by atoms with van der Waals surface area (Å²) in [4.78, 5) is 13.7. The molecular formula is C11H23N3O2. The fourth-order valence-corrected chi connectivity index (χ4v) is 1.95. The highest BCUT2D eigenvalue weighted by atomic mass is 16.5. The van der Waals surface area contributed by atoms with Gasteiger partial charge in [-0.2, -0.15) is 0 Å². The number of hydrogen-bond donors (Lipinski definition) is 2. The first-order valence-corrected chi connectivity index (χ1v) is 6.05. The zero-order valence-corrected chi connectivity index (χ0v) is 10.1. The molecule has 0 atom stereocenters. The fourth-order valence-electron chi connectivity index (χ4n) is 1.95. The topological polar surface area (TPSA) is 67.6 Å². The van der Waals surface area contributed by atoms with E-state index in [0.29, 0.717) is 19.2 Å². The number of carbonyl (C=O) groups excluding carboxylic acids is 1. The number of nitrogens with two attached hydrogens (primary N) is 1. The van der Waals surface area contributed by atoms with E-state index in [9.17, 15) is 4.79 Å². The van der Waals surface area contributed by atoms with Crippen LogP contribution in [0.5, 0.6) is 0 Å². The van der Waals surface area contributed by atoms with Crippen LogP contribution in [0.2, 0.25) is 0 Å². The smallest absolute Gasteiger partial charge is 0.246 e. The SMILES string of the molecule is CCOCC(=O)NC1CCN(CCN)CC1. The van der Waals surface area contributed by atoms with Crippen molar-refractivity contribution in [3.8, 4) is 0 Å². The molecule has 0 unspecified atom stereocenters. The normalized spacial score (nSPS) is 18.6. The molecule has 0 bridgehead atoms. The lowest BCUT2D eigenvalue weighted by atomic mass is 10.1. The summed E-state index contributed by atoms with van der Waals surface area (Å²) in [5.41, 5.74) is 5.50. The number of amides is 1. The molecule has 1 aliphatic rings. The van der Waals surface area contributed by atoms with Crippen LogP contribution in [0, 0.1) is 0 Å². The summed E-state index contributed by atoms with van der Waals surface area (Å²) in [6.45, 7) is 6.37. The largest absolute Gasteiger partial charge is 0.372 e. The van der Waals surface area contributed by atoms with Crippen LogP contribution in [0.1, 0.15) is 19.8 Å². The Hall–Kier alpha value is -0.650. The lowest BCUT2D eigenvalue weighted by molar-refractivity contribution is -0.126. The van der Waals surface area contributed by atoms with Gasteiger partial charge in [0.25, 0.3) is 0 Å². The fraction of sp³-hybridized carbons (Fsp3) is 0.909. The van der Waals surface area contributed by atoms with Gasteiger partial charge >= 0.3 is 0 Å². The van der Waals surface area contributed by atoms with Crippen molar-refractivity contribution in [3.05, 3.63) is 0 Å². The second-order valence-electron chi connectivity index (χ2n) is 4.11. The molecule has 1 aliphatic heterocycles. The molecule has 0 aromatic rings. The van der Waals surface area contributed by atoms with E-state index in [1.165, 1.54) is 0 Å². The Balaban J connectivity index is 2.14. The summed E-state index contributed by atoms with van der Waals surface area (Å²) in [6, 6.07) is 0.307. The van der Waals surface area contributed by atoms with E-state index in [-0.39, 0.29) is 12.5 Å². The molecule has 0 saturated carbocycles. The van der Waals surface area contributed by atoms with E-state index >= 15 is 0 Å². The Labute approximate surface area is 97.3 Å². The van der Waals surface area contributed by atoms with Gasteiger partial charge in [0, 0.05) is 38.8 Å². The molecule has 94 valence electrons. The van der Waals surface area contributed by atoms with Gasteiger partial charge in [0.15, 0.2) is 0 Å². The van der Waals surface area contributed by atoms with Crippen LogP contribution >= 0.6 is 0 Å². The van der Waals surface area contributed by atoms with E-state index in [0.717, 1.165) is 32.5 Å². The first kappa shape index (κ1) is 13.4.